The van der Waals surface area contributed by atoms with E-state index in [1.165, 1.54) is 6.07 Å². The molecule has 0 aliphatic heterocycles. The van der Waals surface area contributed by atoms with E-state index < -0.39 is 0 Å². The zero-order valence-electron chi connectivity index (χ0n) is 11.7. The summed E-state index contributed by atoms with van der Waals surface area (Å²) < 4.78 is 0. The van der Waals surface area contributed by atoms with Crippen molar-refractivity contribution in [2.24, 2.45) is 0 Å². The van der Waals surface area contributed by atoms with Crippen LogP contribution < -0.4 is 5.32 Å². The average molecular weight is 284 g/mol. The number of hydrogen-bond donors (Lipinski definition) is 2. The molecule has 2 N–H and O–H groups in total. The lowest BCUT2D eigenvalue weighted by Gasteiger charge is -2.16. The molecule has 2 aromatic rings. The van der Waals surface area contributed by atoms with Gasteiger partial charge in [-0.25, -0.2) is 0 Å². The molecule has 1 atom stereocenters. The minimum absolute atomic E-state index is 0.00685. The summed E-state index contributed by atoms with van der Waals surface area (Å²) in [5, 5.41) is 24.3. The van der Waals surface area contributed by atoms with Gasteiger partial charge in [0.15, 0.2) is 0 Å². The number of nitro groups is 1. The fourth-order valence-electron chi connectivity index (χ4n) is 2.90. The van der Waals surface area contributed by atoms with Crippen LogP contribution >= 0.6 is 0 Å². The Kier molecular flexibility index (Phi) is 3.25. The lowest BCUT2D eigenvalue weighted by Crippen LogP contribution is -2.09. The number of nitrogens with one attached hydrogen (secondary N) is 1. The van der Waals surface area contributed by atoms with E-state index in [4.69, 9.17) is 0 Å². The SMILES string of the molecule is Cc1ccc([N+](=O)[O-])c(NC2CCc3c(O)cccc32)c1. The maximum atomic E-state index is 11.1. The number of phenols is 1. The molecule has 5 heteroatoms. The summed E-state index contributed by atoms with van der Waals surface area (Å²) in [5.74, 6) is 0.301. The second kappa shape index (κ2) is 5.09. The fraction of sp³-hybridized carbons (Fsp3) is 0.250. The monoisotopic (exact) mass is 284 g/mol. The van der Waals surface area contributed by atoms with Gasteiger partial charge in [-0.2, -0.15) is 0 Å². The van der Waals surface area contributed by atoms with Gasteiger partial charge < -0.3 is 10.4 Å². The van der Waals surface area contributed by atoms with Crippen molar-refractivity contribution < 1.29 is 10.0 Å². The van der Waals surface area contributed by atoms with Crippen molar-refractivity contribution >= 4 is 11.4 Å². The highest BCUT2D eigenvalue weighted by molar-refractivity contribution is 5.64. The Balaban J connectivity index is 1.95. The van der Waals surface area contributed by atoms with Gasteiger partial charge in [0.1, 0.15) is 11.4 Å². The molecule has 1 aliphatic rings. The minimum Gasteiger partial charge on any atom is -0.508 e. The molecule has 0 radical (unpaired) electrons. The van der Waals surface area contributed by atoms with Crippen LogP contribution in [0.3, 0.4) is 0 Å². The third-order valence-electron chi connectivity index (χ3n) is 3.92. The van der Waals surface area contributed by atoms with Crippen molar-refractivity contribution in [3.8, 4) is 5.75 Å². The summed E-state index contributed by atoms with van der Waals surface area (Å²) >= 11 is 0. The number of anilines is 1. The van der Waals surface area contributed by atoms with Crippen LogP contribution in [0.2, 0.25) is 0 Å². The van der Waals surface area contributed by atoms with E-state index in [0.717, 1.165) is 29.5 Å². The number of rotatable bonds is 3. The molecule has 0 heterocycles. The first kappa shape index (κ1) is 13.4. The topological polar surface area (TPSA) is 75.4 Å². The van der Waals surface area contributed by atoms with Crippen molar-refractivity contribution in [3.63, 3.8) is 0 Å². The van der Waals surface area contributed by atoms with E-state index in [-0.39, 0.29) is 16.7 Å². The zero-order valence-corrected chi connectivity index (χ0v) is 11.7. The standard InChI is InChI=1S/C16H16N2O3/c1-10-5-8-15(18(20)21)14(9-10)17-13-7-6-12-11(13)3-2-4-16(12)19/h2-5,8-9,13,17,19H,6-7H2,1H3. The molecule has 0 aromatic heterocycles. The molecular weight excluding hydrogens is 268 g/mol. The van der Waals surface area contributed by atoms with E-state index >= 15 is 0 Å². The van der Waals surface area contributed by atoms with E-state index in [0.29, 0.717) is 11.4 Å². The third kappa shape index (κ3) is 2.42. The normalized spacial score (nSPS) is 16.5. The van der Waals surface area contributed by atoms with Crippen molar-refractivity contribution in [1.82, 2.24) is 0 Å². The van der Waals surface area contributed by atoms with Crippen LogP contribution in [0, 0.1) is 17.0 Å². The van der Waals surface area contributed by atoms with Crippen molar-refractivity contribution in [3.05, 3.63) is 63.2 Å². The molecule has 3 rings (SSSR count). The number of aromatic hydroxyl groups is 1. The lowest BCUT2D eigenvalue weighted by molar-refractivity contribution is -0.384. The Labute approximate surface area is 122 Å². The van der Waals surface area contributed by atoms with E-state index in [1.807, 2.05) is 13.0 Å². The number of phenolic OH excluding ortho intramolecular Hbond substituents is 1. The average Bonchev–Trinajstić information content (AvgIpc) is 2.83. The summed E-state index contributed by atoms with van der Waals surface area (Å²) in [5.41, 5.74) is 3.53. The minimum atomic E-state index is -0.375. The van der Waals surface area contributed by atoms with Gasteiger partial charge in [-0.1, -0.05) is 18.2 Å². The van der Waals surface area contributed by atoms with E-state index in [9.17, 15) is 15.2 Å². The molecule has 0 spiro atoms. The summed E-state index contributed by atoms with van der Waals surface area (Å²) in [7, 11) is 0. The van der Waals surface area contributed by atoms with Gasteiger partial charge in [0.05, 0.1) is 11.0 Å². The zero-order chi connectivity index (χ0) is 15.0. The first-order chi connectivity index (χ1) is 10.1. The summed E-state index contributed by atoms with van der Waals surface area (Å²) in [6.07, 6.45) is 1.59. The summed E-state index contributed by atoms with van der Waals surface area (Å²) in [6, 6.07) is 10.5. The molecule has 0 saturated heterocycles. The van der Waals surface area contributed by atoms with E-state index in [1.54, 1.807) is 24.3 Å². The Hall–Kier alpha value is -2.56. The maximum absolute atomic E-state index is 11.1. The number of hydrogen-bond acceptors (Lipinski definition) is 4. The highest BCUT2D eigenvalue weighted by atomic mass is 16.6. The lowest BCUT2D eigenvalue weighted by atomic mass is 10.1. The number of benzene rings is 2. The van der Waals surface area contributed by atoms with Crippen LogP contribution in [-0.2, 0) is 6.42 Å². The van der Waals surface area contributed by atoms with Gasteiger partial charge in [-0.15, -0.1) is 0 Å². The summed E-state index contributed by atoms with van der Waals surface area (Å²) in [6.45, 7) is 1.91. The second-order valence-electron chi connectivity index (χ2n) is 5.36. The fourth-order valence-corrected chi connectivity index (χ4v) is 2.90. The number of aryl methyl sites for hydroxylation is 1. The molecule has 1 aliphatic carbocycles. The highest BCUT2D eigenvalue weighted by Crippen LogP contribution is 2.39. The van der Waals surface area contributed by atoms with Crippen LogP contribution in [-0.4, -0.2) is 10.0 Å². The first-order valence-electron chi connectivity index (χ1n) is 6.88. The van der Waals surface area contributed by atoms with Gasteiger partial charge in [0.25, 0.3) is 5.69 Å². The van der Waals surface area contributed by atoms with Gasteiger partial charge in [-0.05, 0) is 48.6 Å². The molecule has 0 amide bonds. The molecule has 108 valence electrons. The Morgan fingerprint density at radius 2 is 2.14 bits per heavy atom. The quantitative estimate of drug-likeness (QED) is 0.665. The van der Waals surface area contributed by atoms with Gasteiger partial charge in [0.2, 0.25) is 0 Å². The Bertz CT molecular complexity index is 713. The predicted molar refractivity (Wildman–Crippen MR) is 80.6 cm³/mol. The Morgan fingerprint density at radius 3 is 2.90 bits per heavy atom. The molecule has 0 bridgehead atoms. The molecule has 0 saturated carbocycles. The van der Waals surface area contributed by atoms with Crippen molar-refractivity contribution in [2.45, 2.75) is 25.8 Å². The smallest absolute Gasteiger partial charge is 0.292 e. The van der Waals surface area contributed by atoms with Crippen LogP contribution in [0.5, 0.6) is 5.75 Å². The van der Waals surface area contributed by atoms with Gasteiger partial charge in [0, 0.05) is 6.07 Å². The van der Waals surface area contributed by atoms with Gasteiger partial charge >= 0.3 is 0 Å². The number of fused-ring (bicyclic) bond motifs is 1. The Morgan fingerprint density at radius 1 is 1.33 bits per heavy atom. The van der Waals surface area contributed by atoms with Crippen molar-refractivity contribution in [2.75, 3.05) is 5.32 Å². The van der Waals surface area contributed by atoms with Crippen LogP contribution in [0.1, 0.15) is 29.2 Å². The maximum Gasteiger partial charge on any atom is 0.292 e. The largest absolute Gasteiger partial charge is 0.508 e. The molecule has 0 fully saturated rings. The van der Waals surface area contributed by atoms with Gasteiger partial charge in [-0.3, -0.25) is 10.1 Å². The molecule has 5 nitrogen and oxygen atoms in total. The second-order valence-corrected chi connectivity index (χ2v) is 5.36. The van der Waals surface area contributed by atoms with Crippen LogP contribution in [0.25, 0.3) is 0 Å². The first-order valence-corrected chi connectivity index (χ1v) is 6.88. The number of nitrogens with zero attached hydrogens (tertiary/aromatic N) is 1. The van der Waals surface area contributed by atoms with Crippen LogP contribution in [0.4, 0.5) is 11.4 Å². The van der Waals surface area contributed by atoms with Crippen molar-refractivity contribution in [1.29, 1.82) is 0 Å². The molecular formula is C16H16N2O3. The molecule has 21 heavy (non-hydrogen) atoms. The predicted octanol–water partition coefficient (Wildman–Crippen LogP) is 3.71. The van der Waals surface area contributed by atoms with E-state index in [2.05, 4.69) is 5.32 Å². The highest BCUT2D eigenvalue weighted by Gasteiger charge is 2.26. The molecule has 1 unspecified atom stereocenters. The third-order valence-corrected chi connectivity index (χ3v) is 3.92. The molecule has 2 aromatic carbocycles. The number of nitro benzene ring substituents is 1. The van der Waals surface area contributed by atoms with Crippen LogP contribution in [0.15, 0.2) is 36.4 Å². The summed E-state index contributed by atoms with van der Waals surface area (Å²) in [4.78, 5) is 10.8.